The Hall–Kier alpha value is -2.89. The summed E-state index contributed by atoms with van der Waals surface area (Å²) in [5, 5.41) is 2.73. The fourth-order valence-electron chi connectivity index (χ4n) is 2.88. The van der Waals surface area contributed by atoms with E-state index in [1.165, 1.54) is 10.5 Å². The van der Waals surface area contributed by atoms with Gasteiger partial charge in [0.2, 0.25) is 5.91 Å². The molecule has 136 valence electrons. The number of pyridine rings is 1. The molecule has 0 fully saturated rings. The minimum Gasteiger partial charge on any atom is -0.481 e. The summed E-state index contributed by atoms with van der Waals surface area (Å²) in [6, 6.07) is 11.2. The molecule has 0 radical (unpaired) electrons. The molecular formula is C20H23N3O3. The van der Waals surface area contributed by atoms with Crippen LogP contribution in [0.2, 0.25) is 0 Å². The highest BCUT2D eigenvalue weighted by Crippen LogP contribution is 2.28. The van der Waals surface area contributed by atoms with Crippen LogP contribution in [-0.4, -0.2) is 29.4 Å². The lowest BCUT2D eigenvalue weighted by atomic mass is 10.0. The van der Waals surface area contributed by atoms with Crippen LogP contribution in [0.4, 0.5) is 11.5 Å². The summed E-state index contributed by atoms with van der Waals surface area (Å²) < 4.78 is 5.91. The first-order chi connectivity index (χ1) is 12.5. The van der Waals surface area contributed by atoms with E-state index >= 15 is 0 Å². The molecule has 2 amide bonds. The number of ether oxygens (including phenoxy) is 1. The van der Waals surface area contributed by atoms with Gasteiger partial charge in [-0.2, -0.15) is 0 Å². The van der Waals surface area contributed by atoms with E-state index in [-0.39, 0.29) is 18.4 Å². The van der Waals surface area contributed by atoms with Crippen molar-refractivity contribution in [2.75, 3.05) is 16.8 Å². The van der Waals surface area contributed by atoms with Crippen LogP contribution < -0.4 is 15.0 Å². The van der Waals surface area contributed by atoms with E-state index in [1.54, 1.807) is 18.3 Å². The van der Waals surface area contributed by atoms with Gasteiger partial charge in [0.05, 0.1) is 5.69 Å². The lowest BCUT2D eigenvalue weighted by Crippen LogP contribution is -2.48. The summed E-state index contributed by atoms with van der Waals surface area (Å²) in [6.07, 6.45) is 1.41. The Bertz CT molecular complexity index is 802. The third-order valence-corrected chi connectivity index (χ3v) is 4.36. The van der Waals surface area contributed by atoms with Gasteiger partial charge in [0.15, 0.2) is 11.9 Å². The first-order valence-electron chi connectivity index (χ1n) is 8.82. The molecule has 3 rings (SSSR count). The monoisotopic (exact) mass is 353 g/mol. The molecule has 1 aliphatic rings. The number of benzene rings is 1. The number of nitrogens with one attached hydrogen (secondary N) is 1. The minimum atomic E-state index is -0.680. The Morgan fingerprint density at radius 3 is 2.65 bits per heavy atom. The first kappa shape index (κ1) is 17.9. The Kier molecular flexibility index (Phi) is 5.21. The van der Waals surface area contributed by atoms with Crippen LogP contribution in [0.3, 0.4) is 0 Å². The molecule has 26 heavy (non-hydrogen) atoms. The van der Waals surface area contributed by atoms with Gasteiger partial charge in [-0.05, 0) is 42.2 Å². The van der Waals surface area contributed by atoms with E-state index in [9.17, 15) is 9.59 Å². The van der Waals surface area contributed by atoms with Crippen molar-refractivity contribution in [1.29, 1.82) is 0 Å². The van der Waals surface area contributed by atoms with E-state index in [2.05, 4.69) is 24.1 Å². The number of rotatable bonds is 5. The van der Waals surface area contributed by atoms with E-state index < -0.39 is 6.10 Å². The van der Waals surface area contributed by atoms with Crippen LogP contribution in [0.15, 0.2) is 42.6 Å². The van der Waals surface area contributed by atoms with Crippen molar-refractivity contribution < 1.29 is 14.3 Å². The maximum atomic E-state index is 13.0. The van der Waals surface area contributed by atoms with Crippen molar-refractivity contribution >= 4 is 23.3 Å². The number of nitrogens with zero attached hydrogens (tertiary/aromatic N) is 2. The van der Waals surface area contributed by atoms with E-state index in [4.69, 9.17) is 4.74 Å². The third-order valence-electron chi connectivity index (χ3n) is 4.36. The summed E-state index contributed by atoms with van der Waals surface area (Å²) in [7, 11) is 0. The molecule has 2 heterocycles. The van der Waals surface area contributed by atoms with Gasteiger partial charge in [-0.15, -0.1) is 0 Å². The highest BCUT2D eigenvalue weighted by molar-refractivity contribution is 6.10. The van der Waals surface area contributed by atoms with Crippen LogP contribution in [0, 0.1) is 0 Å². The topological polar surface area (TPSA) is 71.5 Å². The molecule has 1 aromatic heterocycles. The summed E-state index contributed by atoms with van der Waals surface area (Å²) in [6.45, 7) is 6.07. The summed E-state index contributed by atoms with van der Waals surface area (Å²) in [4.78, 5) is 30.6. The standard InChI is InChI=1S/C20H23N3O3/c1-4-17(26-15-9-7-14(8-10-15)13(2)3)20(25)23-12-18(24)22-16-6-5-11-21-19(16)23/h5-11,13,17H,4,12H2,1-3H3,(H,22,24). The van der Waals surface area contributed by atoms with Crippen LogP contribution in [0.5, 0.6) is 5.75 Å². The number of carbonyl (C=O) groups is 2. The van der Waals surface area contributed by atoms with Gasteiger partial charge in [-0.25, -0.2) is 4.98 Å². The Labute approximate surface area is 153 Å². The summed E-state index contributed by atoms with van der Waals surface area (Å²) in [5.41, 5.74) is 1.75. The molecule has 2 aromatic rings. The maximum Gasteiger partial charge on any atom is 0.269 e. The predicted molar refractivity (Wildman–Crippen MR) is 100 cm³/mol. The summed E-state index contributed by atoms with van der Waals surface area (Å²) >= 11 is 0. The molecular weight excluding hydrogens is 330 g/mol. The van der Waals surface area contributed by atoms with Gasteiger partial charge in [0.25, 0.3) is 5.91 Å². The lowest BCUT2D eigenvalue weighted by Gasteiger charge is -2.30. The zero-order chi connectivity index (χ0) is 18.7. The predicted octanol–water partition coefficient (Wildman–Crippen LogP) is 3.35. The Balaban J connectivity index is 1.80. The molecule has 0 saturated heterocycles. The third kappa shape index (κ3) is 3.69. The number of hydrogen-bond donors (Lipinski definition) is 1. The van der Waals surface area contributed by atoms with Crippen LogP contribution in [0.1, 0.15) is 38.7 Å². The Morgan fingerprint density at radius 1 is 1.27 bits per heavy atom. The van der Waals surface area contributed by atoms with Gasteiger partial charge < -0.3 is 10.1 Å². The number of aromatic nitrogens is 1. The van der Waals surface area contributed by atoms with Crippen molar-refractivity contribution in [3.05, 3.63) is 48.2 Å². The molecule has 6 nitrogen and oxygen atoms in total. The van der Waals surface area contributed by atoms with Gasteiger partial charge in [-0.1, -0.05) is 32.9 Å². The second kappa shape index (κ2) is 7.56. The quantitative estimate of drug-likeness (QED) is 0.895. The molecule has 1 unspecified atom stereocenters. The molecule has 6 heteroatoms. The van der Waals surface area contributed by atoms with Crippen molar-refractivity contribution in [3.63, 3.8) is 0 Å². The van der Waals surface area contributed by atoms with Crippen molar-refractivity contribution in [2.24, 2.45) is 0 Å². The van der Waals surface area contributed by atoms with Crippen LogP contribution in [0.25, 0.3) is 0 Å². The van der Waals surface area contributed by atoms with Gasteiger partial charge in [0.1, 0.15) is 12.3 Å². The SMILES string of the molecule is CCC(Oc1ccc(C(C)C)cc1)C(=O)N1CC(=O)Nc2cccnc21. The van der Waals surface area contributed by atoms with Gasteiger partial charge >= 0.3 is 0 Å². The number of amides is 2. The van der Waals surface area contributed by atoms with E-state index in [0.29, 0.717) is 29.6 Å². The van der Waals surface area contributed by atoms with Gasteiger partial charge in [0, 0.05) is 6.20 Å². The molecule has 0 aliphatic carbocycles. The molecule has 0 bridgehead atoms. The lowest BCUT2D eigenvalue weighted by molar-refractivity contribution is -0.127. The number of fused-ring (bicyclic) bond motifs is 1. The maximum absolute atomic E-state index is 13.0. The van der Waals surface area contributed by atoms with E-state index in [0.717, 1.165) is 0 Å². The van der Waals surface area contributed by atoms with Gasteiger partial charge in [-0.3, -0.25) is 14.5 Å². The molecule has 1 aromatic carbocycles. The second-order valence-corrected chi connectivity index (χ2v) is 6.59. The van der Waals surface area contributed by atoms with Crippen LogP contribution >= 0.6 is 0 Å². The molecule has 0 saturated carbocycles. The Morgan fingerprint density at radius 2 is 2.00 bits per heavy atom. The van der Waals surface area contributed by atoms with E-state index in [1.807, 2.05) is 31.2 Å². The number of hydrogen-bond acceptors (Lipinski definition) is 4. The fraction of sp³-hybridized carbons (Fsp3) is 0.350. The molecule has 0 spiro atoms. The second-order valence-electron chi connectivity index (χ2n) is 6.59. The van der Waals surface area contributed by atoms with Crippen molar-refractivity contribution in [1.82, 2.24) is 4.98 Å². The minimum absolute atomic E-state index is 0.0605. The van der Waals surface area contributed by atoms with Crippen LogP contribution in [-0.2, 0) is 9.59 Å². The molecule has 1 atom stereocenters. The van der Waals surface area contributed by atoms with Crippen molar-refractivity contribution in [3.8, 4) is 5.75 Å². The summed E-state index contributed by atoms with van der Waals surface area (Å²) in [5.74, 6) is 1.01. The zero-order valence-electron chi connectivity index (χ0n) is 15.2. The first-order valence-corrected chi connectivity index (χ1v) is 8.82. The largest absolute Gasteiger partial charge is 0.481 e. The molecule has 1 aliphatic heterocycles. The average molecular weight is 353 g/mol. The van der Waals surface area contributed by atoms with Crippen molar-refractivity contribution in [2.45, 2.75) is 39.2 Å². The smallest absolute Gasteiger partial charge is 0.269 e. The highest BCUT2D eigenvalue weighted by Gasteiger charge is 2.32. The number of carbonyl (C=O) groups excluding carboxylic acids is 2. The zero-order valence-corrected chi connectivity index (χ0v) is 15.2. The normalized spacial score (nSPS) is 14.6. The highest BCUT2D eigenvalue weighted by atomic mass is 16.5. The fourth-order valence-corrected chi connectivity index (χ4v) is 2.88. The average Bonchev–Trinajstić information content (AvgIpc) is 2.65. The molecule has 1 N–H and O–H groups in total. The number of anilines is 2.